The fraction of sp³-hybridized carbons (Fsp3) is 0.448. The highest BCUT2D eigenvalue weighted by atomic mass is 16.4. The summed E-state index contributed by atoms with van der Waals surface area (Å²) in [6, 6.07) is 11.6. The number of nitrogens with zero attached hydrogens (tertiary/aromatic N) is 4. The lowest BCUT2D eigenvalue weighted by Crippen LogP contribution is -2.37. The molecule has 0 bridgehead atoms. The van der Waals surface area contributed by atoms with Gasteiger partial charge in [-0.1, -0.05) is 50.2 Å². The van der Waals surface area contributed by atoms with Gasteiger partial charge in [-0.15, -0.1) is 10.2 Å². The fourth-order valence-electron chi connectivity index (χ4n) is 5.38. The number of aromatic nitrogens is 2. The number of nitrogens with two attached hydrogens (primary N) is 1. The summed E-state index contributed by atoms with van der Waals surface area (Å²) in [7, 11) is 0. The first-order chi connectivity index (χ1) is 17.7. The molecule has 0 aliphatic heterocycles. The number of aliphatic imine (C=N–C) groups is 2. The molecule has 0 spiro atoms. The highest BCUT2D eigenvalue weighted by Crippen LogP contribution is 2.48. The molecule has 2 N–H and O–H groups in total. The minimum absolute atomic E-state index is 0.0761. The molecule has 0 saturated carbocycles. The van der Waals surface area contributed by atoms with Crippen molar-refractivity contribution in [3.63, 3.8) is 0 Å². The predicted molar refractivity (Wildman–Crippen MR) is 140 cm³/mol. The number of carbonyl (C=O) groups excluding carboxylic acids is 2. The summed E-state index contributed by atoms with van der Waals surface area (Å²) in [6.07, 6.45) is 5.41. The lowest BCUT2D eigenvalue weighted by Gasteiger charge is -2.35. The first kappa shape index (κ1) is 26.4. The minimum Gasteiger partial charge on any atom is -0.424 e. The Morgan fingerprint density at radius 1 is 0.892 bits per heavy atom. The van der Waals surface area contributed by atoms with Crippen LogP contribution < -0.4 is 5.73 Å². The molecule has 8 nitrogen and oxygen atoms in total. The minimum atomic E-state index is -0.777. The Morgan fingerprint density at radius 3 is 1.81 bits per heavy atom. The molecule has 3 atom stereocenters. The highest BCUT2D eigenvalue weighted by Gasteiger charge is 2.46. The third-order valence-corrected chi connectivity index (χ3v) is 7.23. The van der Waals surface area contributed by atoms with Gasteiger partial charge in [0.2, 0.25) is 23.9 Å². The van der Waals surface area contributed by atoms with E-state index in [-0.39, 0.29) is 24.0 Å². The molecular weight excluding hydrogens is 466 g/mol. The van der Waals surface area contributed by atoms with Gasteiger partial charge in [0.15, 0.2) is 0 Å². The topological polar surface area (TPSA) is 124 Å². The Morgan fingerprint density at radius 2 is 1.41 bits per heavy atom. The van der Waals surface area contributed by atoms with Crippen LogP contribution in [0.3, 0.4) is 0 Å². The van der Waals surface area contributed by atoms with Crippen LogP contribution in [0.5, 0.6) is 0 Å². The molecule has 4 rings (SSSR count). The van der Waals surface area contributed by atoms with Crippen molar-refractivity contribution >= 4 is 12.2 Å². The van der Waals surface area contributed by atoms with Crippen molar-refractivity contribution in [2.24, 2.45) is 15.7 Å². The first-order valence-corrected chi connectivity index (χ1v) is 12.7. The zero-order chi connectivity index (χ0) is 26.7. The fourth-order valence-corrected chi connectivity index (χ4v) is 5.38. The van der Waals surface area contributed by atoms with Crippen molar-refractivity contribution in [2.75, 3.05) is 0 Å². The number of hydrogen-bond donors (Lipinski definition) is 1. The van der Waals surface area contributed by atoms with Crippen molar-refractivity contribution in [3.05, 3.63) is 81.6 Å². The monoisotopic (exact) mass is 499 g/mol. The summed E-state index contributed by atoms with van der Waals surface area (Å²) in [5, 5.41) is 8.97. The molecule has 2 aromatic carbocycles. The Balaban J connectivity index is 2.04. The lowest BCUT2D eigenvalue weighted by molar-refractivity contribution is 0.352. The van der Waals surface area contributed by atoms with E-state index < -0.39 is 5.41 Å². The van der Waals surface area contributed by atoms with Gasteiger partial charge in [0.25, 0.3) is 0 Å². The second-order valence-corrected chi connectivity index (χ2v) is 10.3. The zero-order valence-corrected chi connectivity index (χ0v) is 22.0. The molecular formula is C29H33N5O3. The first-order valence-electron chi connectivity index (χ1n) is 12.7. The smallest absolute Gasteiger partial charge is 0.235 e. The summed E-state index contributed by atoms with van der Waals surface area (Å²) in [4.78, 5) is 29.7. The maximum Gasteiger partial charge on any atom is 0.235 e. The molecule has 37 heavy (non-hydrogen) atoms. The molecule has 1 aliphatic carbocycles. The van der Waals surface area contributed by atoms with Gasteiger partial charge in [-0.2, -0.15) is 9.98 Å². The standard InChI is InChI=1S/C29H33N5O3/c1-17(2)27-33-34-28(37-27)29(14-18(3)30)25-10-8-21(19(4)31-15-35)12-23(25)6-7-24-13-22(9-11-26(24)29)20(5)32-16-36/h8-13,17-20H,6-7,14,30H2,1-5H3/t18-,19?,20?,29?/m1/s1. The maximum atomic E-state index is 10.9. The number of fused-ring (bicyclic) bond motifs is 2. The van der Waals surface area contributed by atoms with Gasteiger partial charge in [0.05, 0.1) is 12.1 Å². The molecule has 0 radical (unpaired) electrons. The summed E-state index contributed by atoms with van der Waals surface area (Å²) >= 11 is 0. The molecule has 0 amide bonds. The molecule has 0 saturated heterocycles. The second kappa shape index (κ2) is 10.7. The van der Waals surface area contributed by atoms with Gasteiger partial charge in [0, 0.05) is 12.0 Å². The summed E-state index contributed by atoms with van der Waals surface area (Å²) in [5.41, 5.74) is 11.9. The van der Waals surface area contributed by atoms with E-state index in [1.54, 1.807) is 12.2 Å². The van der Waals surface area contributed by atoms with Gasteiger partial charge >= 0.3 is 0 Å². The van der Waals surface area contributed by atoms with E-state index in [0.29, 0.717) is 18.2 Å². The zero-order valence-electron chi connectivity index (χ0n) is 22.0. The van der Waals surface area contributed by atoms with Crippen LogP contribution in [-0.2, 0) is 27.8 Å². The van der Waals surface area contributed by atoms with Crippen LogP contribution in [-0.4, -0.2) is 28.4 Å². The van der Waals surface area contributed by atoms with Crippen molar-refractivity contribution in [3.8, 4) is 0 Å². The maximum absolute atomic E-state index is 10.9. The normalized spacial score (nSPS) is 19.0. The van der Waals surface area contributed by atoms with Gasteiger partial charge in [-0.25, -0.2) is 9.59 Å². The van der Waals surface area contributed by atoms with E-state index in [2.05, 4.69) is 44.4 Å². The number of hydrogen-bond acceptors (Lipinski definition) is 8. The van der Waals surface area contributed by atoms with Crippen molar-refractivity contribution in [1.29, 1.82) is 0 Å². The molecule has 2 unspecified atom stereocenters. The van der Waals surface area contributed by atoms with Crippen LogP contribution in [0.25, 0.3) is 0 Å². The number of benzene rings is 2. The van der Waals surface area contributed by atoms with Crippen LogP contribution in [0.2, 0.25) is 0 Å². The largest absolute Gasteiger partial charge is 0.424 e. The van der Waals surface area contributed by atoms with E-state index in [1.807, 2.05) is 46.8 Å². The van der Waals surface area contributed by atoms with E-state index >= 15 is 0 Å². The third-order valence-electron chi connectivity index (χ3n) is 7.23. The Labute approximate surface area is 217 Å². The second-order valence-electron chi connectivity index (χ2n) is 10.3. The van der Waals surface area contributed by atoms with Crippen molar-refractivity contribution in [2.45, 2.75) is 83.3 Å². The van der Waals surface area contributed by atoms with E-state index in [4.69, 9.17) is 10.2 Å². The molecule has 0 fully saturated rings. The molecule has 192 valence electrons. The Hall–Kier alpha value is -3.70. The number of rotatable bonds is 8. The molecule has 1 heterocycles. The third kappa shape index (κ3) is 4.96. The van der Waals surface area contributed by atoms with Gasteiger partial charge in [0.1, 0.15) is 5.41 Å². The number of aryl methyl sites for hydroxylation is 2. The van der Waals surface area contributed by atoms with E-state index in [0.717, 1.165) is 46.2 Å². The Bertz CT molecular complexity index is 1300. The van der Waals surface area contributed by atoms with Gasteiger partial charge < -0.3 is 10.2 Å². The van der Waals surface area contributed by atoms with Crippen molar-refractivity contribution in [1.82, 2.24) is 10.2 Å². The van der Waals surface area contributed by atoms with Gasteiger partial charge in [-0.3, -0.25) is 0 Å². The number of isocyanates is 2. The van der Waals surface area contributed by atoms with Crippen LogP contribution in [0, 0.1) is 0 Å². The molecule has 1 aromatic heterocycles. The summed E-state index contributed by atoms with van der Waals surface area (Å²) < 4.78 is 6.37. The molecule has 8 heteroatoms. The lowest BCUT2D eigenvalue weighted by atomic mass is 9.68. The SMILES string of the molecule is CC(C)c1nnc(C2(C[C@@H](C)N)c3ccc(C(C)N=C=O)cc3CCc3cc(C(C)N=C=O)ccc32)o1. The van der Waals surface area contributed by atoms with Crippen LogP contribution in [0.4, 0.5) is 0 Å². The average Bonchev–Trinajstić information content (AvgIpc) is 3.33. The Kier molecular flexibility index (Phi) is 7.65. The van der Waals surface area contributed by atoms with Gasteiger partial charge in [-0.05, 0) is 73.4 Å². The highest BCUT2D eigenvalue weighted by molar-refractivity contribution is 5.56. The van der Waals surface area contributed by atoms with E-state index in [9.17, 15) is 9.59 Å². The molecule has 3 aromatic rings. The predicted octanol–water partition coefficient (Wildman–Crippen LogP) is 5.16. The summed E-state index contributed by atoms with van der Waals surface area (Å²) in [6.45, 7) is 9.78. The van der Waals surface area contributed by atoms with E-state index in [1.165, 1.54) is 0 Å². The van der Waals surface area contributed by atoms with Crippen LogP contribution in [0.1, 0.15) is 104 Å². The average molecular weight is 500 g/mol. The van der Waals surface area contributed by atoms with Crippen molar-refractivity contribution < 1.29 is 14.0 Å². The quantitative estimate of drug-likeness (QED) is 0.337. The summed E-state index contributed by atoms with van der Waals surface area (Å²) in [5.74, 6) is 1.16. The molecule has 1 aliphatic rings. The van der Waals surface area contributed by atoms with Crippen LogP contribution >= 0.6 is 0 Å². The van der Waals surface area contributed by atoms with Crippen LogP contribution in [0.15, 0.2) is 50.8 Å².